The van der Waals surface area contributed by atoms with Gasteiger partial charge in [0.25, 0.3) is 5.91 Å². The summed E-state index contributed by atoms with van der Waals surface area (Å²) < 4.78 is 10.8. The number of ether oxygens (including phenoxy) is 1. The van der Waals surface area contributed by atoms with Gasteiger partial charge >= 0.3 is 0 Å². The molecule has 0 aliphatic carbocycles. The fraction of sp³-hybridized carbons (Fsp3) is 0.348. The molecule has 7 nitrogen and oxygen atoms in total. The van der Waals surface area contributed by atoms with Gasteiger partial charge in [-0.3, -0.25) is 9.69 Å². The number of anilines is 1. The van der Waals surface area contributed by atoms with E-state index in [1.54, 1.807) is 7.11 Å². The van der Waals surface area contributed by atoms with Gasteiger partial charge in [-0.2, -0.15) is 4.37 Å². The molecule has 0 atom stereocenters. The fourth-order valence-electron chi connectivity index (χ4n) is 3.60. The first-order valence-corrected chi connectivity index (χ1v) is 12.1. The van der Waals surface area contributed by atoms with Crippen molar-refractivity contribution in [3.8, 4) is 5.75 Å². The van der Waals surface area contributed by atoms with Crippen LogP contribution in [0, 0.1) is 0 Å². The number of halogens is 1. The van der Waals surface area contributed by atoms with Crippen molar-refractivity contribution < 1.29 is 9.53 Å². The predicted molar refractivity (Wildman–Crippen MR) is 131 cm³/mol. The van der Waals surface area contributed by atoms with Gasteiger partial charge in [-0.05, 0) is 42.0 Å². The van der Waals surface area contributed by atoms with Crippen LogP contribution in [-0.2, 0) is 6.42 Å². The highest BCUT2D eigenvalue weighted by atomic mass is 79.9. The van der Waals surface area contributed by atoms with Crippen molar-refractivity contribution in [2.45, 2.75) is 6.42 Å². The highest BCUT2D eigenvalue weighted by molar-refractivity contribution is 9.10. The van der Waals surface area contributed by atoms with E-state index in [4.69, 9.17) is 9.72 Å². The first kappa shape index (κ1) is 22.7. The monoisotopic (exact) mass is 515 g/mol. The van der Waals surface area contributed by atoms with E-state index in [9.17, 15) is 4.79 Å². The van der Waals surface area contributed by atoms with Crippen LogP contribution in [0.3, 0.4) is 0 Å². The third kappa shape index (κ3) is 6.05. The summed E-state index contributed by atoms with van der Waals surface area (Å²) in [6, 6.07) is 15.4. The van der Waals surface area contributed by atoms with Crippen LogP contribution in [0.15, 0.2) is 53.0 Å². The molecule has 32 heavy (non-hydrogen) atoms. The maximum Gasteiger partial charge on any atom is 0.251 e. The number of amides is 1. The van der Waals surface area contributed by atoms with Crippen LogP contribution in [0.25, 0.3) is 0 Å². The maximum atomic E-state index is 12.2. The van der Waals surface area contributed by atoms with Gasteiger partial charge in [-0.1, -0.05) is 28.1 Å². The third-order valence-electron chi connectivity index (χ3n) is 5.42. The fourth-order valence-corrected chi connectivity index (χ4v) is 4.60. The molecule has 0 unspecified atom stereocenters. The van der Waals surface area contributed by atoms with Gasteiger partial charge in [0.2, 0.25) is 5.13 Å². The third-order valence-corrected chi connectivity index (χ3v) is 6.76. The molecule has 1 aliphatic rings. The van der Waals surface area contributed by atoms with Crippen molar-refractivity contribution in [3.05, 3.63) is 70.0 Å². The van der Waals surface area contributed by atoms with Crippen LogP contribution < -0.4 is 15.0 Å². The molecule has 2 aromatic carbocycles. The standard InChI is InChI=1S/C23H26BrN5O2S/c1-31-20-4-2-3-17(15-20)16-21-26-23(32-27-21)29-13-11-28(12-14-29)10-9-25-22(30)18-5-7-19(24)8-6-18/h2-8,15H,9-14,16H2,1H3,(H,25,30). The average molecular weight is 516 g/mol. The molecule has 1 aromatic heterocycles. The largest absolute Gasteiger partial charge is 0.497 e. The molecule has 1 aliphatic heterocycles. The Balaban J connectivity index is 1.21. The lowest BCUT2D eigenvalue weighted by atomic mass is 10.1. The number of aromatic nitrogens is 2. The smallest absolute Gasteiger partial charge is 0.251 e. The van der Waals surface area contributed by atoms with Gasteiger partial charge < -0.3 is 15.0 Å². The van der Waals surface area contributed by atoms with Gasteiger partial charge in [-0.25, -0.2) is 4.98 Å². The molecule has 0 bridgehead atoms. The predicted octanol–water partition coefficient (Wildman–Crippen LogP) is 3.45. The summed E-state index contributed by atoms with van der Waals surface area (Å²) in [5, 5.41) is 3.98. The number of piperazine rings is 1. The Morgan fingerprint density at radius 2 is 1.94 bits per heavy atom. The number of methoxy groups -OCH3 is 1. The van der Waals surface area contributed by atoms with Crippen LogP contribution in [0.5, 0.6) is 5.75 Å². The molecule has 4 rings (SSSR count). The second-order valence-corrected chi connectivity index (χ2v) is 9.26. The van der Waals surface area contributed by atoms with Crippen LogP contribution >= 0.6 is 27.5 Å². The molecule has 168 valence electrons. The van der Waals surface area contributed by atoms with Crippen LogP contribution in [0.1, 0.15) is 21.7 Å². The Hall–Kier alpha value is -2.49. The highest BCUT2D eigenvalue weighted by Gasteiger charge is 2.20. The lowest BCUT2D eigenvalue weighted by molar-refractivity contribution is 0.0948. The highest BCUT2D eigenvalue weighted by Crippen LogP contribution is 2.21. The molecule has 1 fully saturated rings. The summed E-state index contributed by atoms with van der Waals surface area (Å²) in [4.78, 5) is 21.6. The van der Waals surface area contributed by atoms with Gasteiger partial charge in [0.05, 0.1) is 7.11 Å². The second-order valence-electron chi connectivity index (χ2n) is 7.61. The molecule has 1 N–H and O–H groups in total. The van der Waals surface area contributed by atoms with E-state index in [-0.39, 0.29) is 5.91 Å². The molecule has 9 heteroatoms. The van der Waals surface area contributed by atoms with E-state index >= 15 is 0 Å². The maximum absolute atomic E-state index is 12.2. The van der Waals surface area contributed by atoms with E-state index in [0.717, 1.165) is 59.5 Å². The SMILES string of the molecule is COc1cccc(Cc2nsc(N3CCN(CCNC(=O)c4ccc(Br)cc4)CC3)n2)c1. The van der Waals surface area contributed by atoms with Gasteiger partial charge in [0.15, 0.2) is 0 Å². The van der Waals surface area contributed by atoms with Crippen LogP contribution in [-0.4, -0.2) is 66.5 Å². The molecule has 0 spiro atoms. The molecule has 1 amide bonds. The summed E-state index contributed by atoms with van der Waals surface area (Å²) >= 11 is 4.85. The Bertz CT molecular complexity index is 1030. The van der Waals surface area contributed by atoms with Crippen molar-refractivity contribution in [2.24, 2.45) is 0 Å². The van der Waals surface area contributed by atoms with Crippen molar-refractivity contribution in [3.63, 3.8) is 0 Å². The van der Waals surface area contributed by atoms with Gasteiger partial charge in [0.1, 0.15) is 11.6 Å². The average Bonchev–Trinajstić information content (AvgIpc) is 3.28. The molecule has 2 heterocycles. The first-order chi connectivity index (χ1) is 15.6. The van der Waals surface area contributed by atoms with E-state index in [0.29, 0.717) is 18.5 Å². The number of hydrogen-bond acceptors (Lipinski definition) is 7. The Labute approximate surface area is 200 Å². The summed E-state index contributed by atoms with van der Waals surface area (Å²) in [7, 11) is 1.67. The van der Waals surface area contributed by atoms with Crippen molar-refractivity contribution >= 4 is 38.5 Å². The summed E-state index contributed by atoms with van der Waals surface area (Å²) in [6.07, 6.45) is 0.700. The Kier molecular flexibility index (Phi) is 7.72. The van der Waals surface area contributed by atoms with Crippen molar-refractivity contribution in [1.82, 2.24) is 19.6 Å². The van der Waals surface area contributed by atoms with Crippen LogP contribution in [0.4, 0.5) is 5.13 Å². The van der Waals surface area contributed by atoms with E-state index in [1.165, 1.54) is 11.5 Å². The number of hydrogen-bond donors (Lipinski definition) is 1. The molecule has 0 saturated carbocycles. The summed E-state index contributed by atoms with van der Waals surface area (Å²) in [5.74, 6) is 1.66. The molecule has 1 saturated heterocycles. The first-order valence-electron chi connectivity index (χ1n) is 10.6. The minimum atomic E-state index is -0.0337. The number of rotatable bonds is 8. The van der Waals surface area contributed by atoms with Crippen LogP contribution in [0.2, 0.25) is 0 Å². The topological polar surface area (TPSA) is 70.6 Å². The lowest BCUT2D eigenvalue weighted by Crippen LogP contribution is -2.48. The van der Waals surface area contributed by atoms with Crippen molar-refractivity contribution in [1.29, 1.82) is 0 Å². The zero-order valence-electron chi connectivity index (χ0n) is 18.0. The quantitative estimate of drug-likeness (QED) is 0.495. The summed E-state index contributed by atoms with van der Waals surface area (Å²) in [5.41, 5.74) is 1.82. The van der Waals surface area contributed by atoms with E-state index < -0.39 is 0 Å². The number of nitrogens with one attached hydrogen (secondary N) is 1. The number of nitrogens with zero attached hydrogens (tertiary/aromatic N) is 4. The number of benzene rings is 2. The normalized spacial score (nSPS) is 14.4. The second kappa shape index (κ2) is 10.9. The van der Waals surface area contributed by atoms with Gasteiger partial charge in [0, 0.05) is 67.3 Å². The number of carbonyl (C=O) groups is 1. The van der Waals surface area contributed by atoms with E-state index in [1.807, 2.05) is 42.5 Å². The minimum absolute atomic E-state index is 0.0337. The summed E-state index contributed by atoms with van der Waals surface area (Å²) in [6.45, 7) is 5.19. The lowest BCUT2D eigenvalue weighted by Gasteiger charge is -2.34. The van der Waals surface area contributed by atoms with E-state index in [2.05, 4.69) is 41.5 Å². The molecular formula is C23H26BrN5O2S. The Morgan fingerprint density at radius 3 is 2.69 bits per heavy atom. The van der Waals surface area contributed by atoms with Crippen molar-refractivity contribution in [2.75, 3.05) is 51.3 Å². The molecule has 3 aromatic rings. The number of carbonyl (C=O) groups excluding carboxylic acids is 1. The zero-order chi connectivity index (χ0) is 22.3. The molecular weight excluding hydrogens is 490 g/mol. The molecule has 0 radical (unpaired) electrons. The minimum Gasteiger partial charge on any atom is -0.497 e. The van der Waals surface area contributed by atoms with Gasteiger partial charge in [-0.15, -0.1) is 0 Å². The zero-order valence-corrected chi connectivity index (χ0v) is 20.4. The Morgan fingerprint density at radius 1 is 1.16 bits per heavy atom.